The van der Waals surface area contributed by atoms with E-state index in [-0.39, 0.29) is 18.0 Å². The molecule has 0 aliphatic rings. The van der Waals surface area contributed by atoms with E-state index in [1.807, 2.05) is 24.3 Å². The lowest BCUT2D eigenvalue weighted by Gasteiger charge is -2.20. The molecule has 6 nitrogen and oxygen atoms in total. The number of carboxylic acid groups (broad SMARTS) is 1. The van der Waals surface area contributed by atoms with Gasteiger partial charge in [-0.05, 0) is 45.0 Å². The largest absolute Gasteiger partial charge is 0.477 e. The molecule has 0 unspecified atom stereocenters. The van der Waals surface area contributed by atoms with E-state index in [1.54, 1.807) is 0 Å². The number of carbonyl (C=O) groups is 2. The molecular formula is C20H29N3O3. The number of aromatic nitrogens is 1. The summed E-state index contributed by atoms with van der Waals surface area (Å²) in [7, 11) is 0. The quantitative estimate of drug-likeness (QED) is 0.538. The monoisotopic (exact) mass is 359 g/mol. The zero-order valence-corrected chi connectivity index (χ0v) is 15.7. The standard InChI is InChI=1S/C20H29N3O3/c1-3-11-23(12-4-2)13-7-10-21-18(24)14-16-15-8-5-6-9-17(15)22-19(16)20(25)26/h5-6,8-9,22H,3-4,7,10-14H2,1-2H3,(H,21,24)(H,25,26). The molecule has 0 atom stereocenters. The SMILES string of the molecule is CCCN(CCC)CCCNC(=O)Cc1c(C(=O)O)[nH]c2ccccc12. The van der Waals surface area contributed by atoms with Crippen LogP contribution in [0.3, 0.4) is 0 Å². The van der Waals surface area contributed by atoms with Gasteiger partial charge in [0, 0.05) is 23.0 Å². The van der Waals surface area contributed by atoms with E-state index in [1.165, 1.54) is 0 Å². The first-order valence-corrected chi connectivity index (χ1v) is 9.38. The number of aromatic carboxylic acids is 1. The molecular weight excluding hydrogens is 330 g/mol. The molecule has 1 heterocycles. The number of carbonyl (C=O) groups excluding carboxylic acids is 1. The summed E-state index contributed by atoms with van der Waals surface area (Å²) in [5.41, 5.74) is 1.38. The molecule has 6 heteroatoms. The Kier molecular flexibility index (Phi) is 7.66. The van der Waals surface area contributed by atoms with Crippen molar-refractivity contribution in [1.29, 1.82) is 0 Å². The van der Waals surface area contributed by atoms with Gasteiger partial charge in [0.05, 0.1) is 6.42 Å². The van der Waals surface area contributed by atoms with Crippen molar-refractivity contribution >= 4 is 22.8 Å². The maximum absolute atomic E-state index is 12.3. The maximum atomic E-state index is 12.3. The molecule has 1 aromatic carbocycles. The van der Waals surface area contributed by atoms with Gasteiger partial charge in [-0.1, -0.05) is 32.0 Å². The third kappa shape index (κ3) is 5.33. The summed E-state index contributed by atoms with van der Waals surface area (Å²) in [5.74, 6) is -1.19. The number of hydrogen-bond acceptors (Lipinski definition) is 3. The second kappa shape index (κ2) is 9.97. The zero-order valence-electron chi connectivity index (χ0n) is 15.7. The van der Waals surface area contributed by atoms with Crippen LogP contribution in [0.2, 0.25) is 0 Å². The van der Waals surface area contributed by atoms with Crippen LogP contribution < -0.4 is 5.32 Å². The fourth-order valence-electron chi connectivity index (χ4n) is 3.29. The lowest BCUT2D eigenvalue weighted by Crippen LogP contribution is -2.31. The van der Waals surface area contributed by atoms with Gasteiger partial charge >= 0.3 is 5.97 Å². The molecule has 1 amide bonds. The van der Waals surface area contributed by atoms with Crippen molar-refractivity contribution in [3.05, 3.63) is 35.5 Å². The van der Waals surface area contributed by atoms with Crippen LogP contribution in [0, 0.1) is 0 Å². The summed E-state index contributed by atoms with van der Waals surface area (Å²) in [5, 5.41) is 13.1. The lowest BCUT2D eigenvalue weighted by molar-refractivity contribution is -0.120. The van der Waals surface area contributed by atoms with E-state index in [4.69, 9.17) is 0 Å². The van der Waals surface area contributed by atoms with Crippen LogP contribution in [0.15, 0.2) is 24.3 Å². The molecule has 0 aliphatic heterocycles. The van der Waals surface area contributed by atoms with Crippen molar-refractivity contribution in [3.8, 4) is 0 Å². The Balaban J connectivity index is 1.91. The number of fused-ring (bicyclic) bond motifs is 1. The van der Waals surface area contributed by atoms with Crippen LogP contribution in [0.5, 0.6) is 0 Å². The number of hydrogen-bond donors (Lipinski definition) is 3. The second-order valence-electron chi connectivity index (χ2n) is 6.55. The third-order valence-electron chi connectivity index (χ3n) is 4.42. The molecule has 0 bridgehead atoms. The summed E-state index contributed by atoms with van der Waals surface area (Å²) in [6.07, 6.45) is 3.22. The predicted molar refractivity (Wildman–Crippen MR) is 104 cm³/mol. The van der Waals surface area contributed by atoms with E-state index in [0.29, 0.717) is 12.1 Å². The van der Waals surface area contributed by atoms with Gasteiger partial charge in [0.15, 0.2) is 0 Å². The van der Waals surface area contributed by atoms with Gasteiger partial charge in [0.25, 0.3) is 0 Å². The highest BCUT2D eigenvalue weighted by atomic mass is 16.4. The van der Waals surface area contributed by atoms with Crippen molar-refractivity contribution in [1.82, 2.24) is 15.2 Å². The number of nitrogens with one attached hydrogen (secondary N) is 2. The van der Waals surface area contributed by atoms with Crippen molar-refractivity contribution < 1.29 is 14.7 Å². The summed E-state index contributed by atoms with van der Waals surface area (Å²) >= 11 is 0. The van der Waals surface area contributed by atoms with Crippen LogP contribution in [0.25, 0.3) is 10.9 Å². The zero-order chi connectivity index (χ0) is 18.9. The Morgan fingerprint density at radius 1 is 1.12 bits per heavy atom. The summed E-state index contributed by atoms with van der Waals surface area (Å²) in [6.45, 7) is 8.08. The van der Waals surface area contributed by atoms with Gasteiger partial charge in [-0.2, -0.15) is 0 Å². The smallest absolute Gasteiger partial charge is 0.352 e. The molecule has 2 aromatic rings. The average Bonchev–Trinajstić information content (AvgIpc) is 2.98. The highest BCUT2D eigenvalue weighted by Gasteiger charge is 2.19. The Labute approximate surface area is 154 Å². The van der Waals surface area contributed by atoms with Gasteiger partial charge in [-0.3, -0.25) is 4.79 Å². The van der Waals surface area contributed by atoms with E-state index in [2.05, 4.69) is 29.0 Å². The molecule has 0 radical (unpaired) electrons. The average molecular weight is 359 g/mol. The number of amides is 1. The molecule has 142 valence electrons. The summed E-state index contributed by atoms with van der Waals surface area (Å²) in [6, 6.07) is 7.35. The van der Waals surface area contributed by atoms with Crippen molar-refractivity contribution in [2.75, 3.05) is 26.2 Å². The molecule has 3 N–H and O–H groups in total. The van der Waals surface area contributed by atoms with Crippen LogP contribution in [-0.2, 0) is 11.2 Å². The van der Waals surface area contributed by atoms with E-state index >= 15 is 0 Å². The van der Waals surface area contributed by atoms with Crippen LogP contribution in [-0.4, -0.2) is 53.0 Å². The fourth-order valence-corrected chi connectivity index (χ4v) is 3.29. The van der Waals surface area contributed by atoms with Gasteiger partial charge in [0.2, 0.25) is 5.91 Å². The molecule has 2 rings (SSSR count). The summed E-state index contributed by atoms with van der Waals surface area (Å²) < 4.78 is 0. The van der Waals surface area contributed by atoms with E-state index < -0.39 is 5.97 Å². The molecule has 0 saturated carbocycles. The van der Waals surface area contributed by atoms with Crippen molar-refractivity contribution in [3.63, 3.8) is 0 Å². The van der Waals surface area contributed by atoms with Gasteiger partial charge < -0.3 is 20.3 Å². The van der Waals surface area contributed by atoms with Crippen LogP contribution in [0.4, 0.5) is 0 Å². The number of carboxylic acids is 1. The first-order chi connectivity index (χ1) is 12.6. The Morgan fingerprint density at radius 2 is 1.81 bits per heavy atom. The Hall–Kier alpha value is -2.34. The highest BCUT2D eigenvalue weighted by Crippen LogP contribution is 2.23. The number of rotatable bonds is 11. The van der Waals surface area contributed by atoms with E-state index in [9.17, 15) is 14.7 Å². The lowest BCUT2D eigenvalue weighted by atomic mass is 10.1. The Bertz CT molecular complexity index is 733. The molecule has 0 aliphatic carbocycles. The topological polar surface area (TPSA) is 85.4 Å². The minimum atomic E-state index is -1.04. The van der Waals surface area contributed by atoms with Crippen LogP contribution >= 0.6 is 0 Å². The fraction of sp³-hybridized carbons (Fsp3) is 0.500. The second-order valence-corrected chi connectivity index (χ2v) is 6.55. The number of aromatic amines is 1. The number of benzene rings is 1. The normalized spacial score (nSPS) is 11.2. The molecule has 0 saturated heterocycles. The van der Waals surface area contributed by atoms with Gasteiger partial charge in [-0.25, -0.2) is 4.79 Å². The maximum Gasteiger partial charge on any atom is 0.352 e. The van der Waals surface area contributed by atoms with Crippen LogP contribution in [0.1, 0.15) is 49.2 Å². The first kappa shape index (κ1) is 20.0. The Morgan fingerprint density at radius 3 is 2.46 bits per heavy atom. The highest BCUT2D eigenvalue weighted by molar-refractivity contribution is 5.99. The number of H-pyrrole nitrogens is 1. The molecule has 1 aromatic heterocycles. The number of para-hydroxylation sites is 1. The van der Waals surface area contributed by atoms with Gasteiger partial charge in [0.1, 0.15) is 5.69 Å². The minimum Gasteiger partial charge on any atom is -0.477 e. The number of nitrogens with zero attached hydrogens (tertiary/aromatic N) is 1. The molecule has 0 spiro atoms. The first-order valence-electron chi connectivity index (χ1n) is 9.38. The minimum absolute atomic E-state index is 0.0687. The molecule has 26 heavy (non-hydrogen) atoms. The third-order valence-corrected chi connectivity index (χ3v) is 4.42. The predicted octanol–water partition coefficient (Wildman–Crippen LogP) is 3.04. The van der Waals surface area contributed by atoms with E-state index in [0.717, 1.165) is 49.8 Å². The van der Waals surface area contributed by atoms with Gasteiger partial charge in [-0.15, -0.1) is 0 Å². The van der Waals surface area contributed by atoms with Crippen molar-refractivity contribution in [2.24, 2.45) is 0 Å². The van der Waals surface area contributed by atoms with Crippen molar-refractivity contribution in [2.45, 2.75) is 39.5 Å². The summed E-state index contributed by atoms with van der Waals surface area (Å²) in [4.78, 5) is 29.1. The molecule has 0 fully saturated rings.